The normalized spacial score (nSPS) is 17.1. The number of hydrogen-bond acceptors (Lipinski definition) is 4. The van der Waals surface area contributed by atoms with E-state index in [0.717, 1.165) is 16.3 Å². The Labute approximate surface area is 200 Å². The first-order valence-corrected chi connectivity index (χ1v) is 12.8. The predicted octanol–water partition coefficient (Wildman–Crippen LogP) is 3.01. The van der Waals surface area contributed by atoms with Gasteiger partial charge in [0, 0.05) is 32.1 Å². The molecule has 2 amide bonds. The molecule has 1 unspecified atom stereocenters. The number of sulfonamides is 1. The van der Waals surface area contributed by atoms with Crippen LogP contribution in [0.5, 0.6) is 0 Å². The van der Waals surface area contributed by atoms with Gasteiger partial charge in [-0.15, -0.1) is 0 Å². The van der Waals surface area contributed by atoms with Crippen LogP contribution in [0.25, 0.3) is 10.8 Å². The van der Waals surface area contributed by atoms with Crippen molar-refractivity contribution in [1.29, 1.82) is 0 Å². The summed E-state index contributed by atoms with van der Waals surface area (Å²) in [4.78, 5) is 27.8. The van der Waals surface area contributed by atoms with Crippen LogP contribution in [-0.4, -0.2) is 55.1 Å². The highest BCUT2D eigenvalue weighted by Gasteiger charge is 2.40. The second-order valence-corrected chi connectivity index (χ2v) is 10.7. The minimum Gasteiger partial charge on any atom is -0.350 e. The lowest BCUT2D eigenvalue weighted by atomic mass is 10.1. The van der Waals surface area contributed by atoms with Crippen LogP contribution in [0.15, 0.2) is 77.7 Å². The summed E-state index contributed by atoms with van der Waals surface area (Å²) >= 11 is 0. The highest BCUT2D eigenvalue weighted by Crippen LogP contribution is 2.22. The SMILES string of the molecule is CC(C)C(=O)N1CCN(S(=O)(=O)c2ccccc2)CC1C(=O)NCc1ccc2ccccc2c1. The number of carbonyl (C=O) groups is 2. The van der Waals surface area contributed by atoms with Crippen molar-refractivity contribution in [1.82, 2.24) is 14.5 Å². The highest BCUT2D eigenvalue weighted by atomic mass is 32.2. The Balaban J connectivity index is 1.53. The van der Waals surface area contributed by atoms with Gasteiger partial charge in [-0.05, 0) is 34.5 Å². The van der Waals surface area contributed by atoms with Crippen LogP contribution in [0.2, 0.25) is 0 Å². The zero-order valence-electron chi connectivity index (χ0n) is 19.3. The average Bonchev–Trinajstić information content (AvgIpc) is 2.86. The molecule has 1 heterocycles. The van der Waals surface area contributed by atoms with Crippen LogP contribution in [0, 0.1) is 5.92 Å². The van der Waals surface area contributed by atoms with E-state index >= 15 is 0 Å². The van der Waals surface area contributed by atoms with E-state index in [1.807, 2.05) is 42.5 Å². The van der Waals surface area contributed by atoms with E-state index in [0.29, 0.717) is 0 Å². The van der Waals surface area contributed by atoms with E-state index in [9.17, 15) is 18.0 Å². The molecule has 1 aliphatic heterocycles. The largest absolute Gasteiger partial charge is 0.350 e. The Hall–Kier alpha value is -3.23. The lowest BCUT2D eigenvalue weighted by Crippen LogP contribution is -2.62. The minimum atomic E-state index is -3.77. The monoisotopic (exact) mass is 479 g/mol. The predicted molar refractivity (Wildman–Crippen MR) is 131 cm³/mol. The summed E-state index contributed by atoms with van der Waals surface area (Å²) < 4.78 is 27.6. The van der Waals surface area contributed by atoms with E-state index in [1.54, 1.807) is 32.0 Å². The van der Waals surface area contributed by atoms with Crippen molar-refractivity contribution < 1.29 is 18.0 Å². The van der Waals surface area contributed by atoms with Crippen molar-refractivity contribution in [2.24, 2.45) is 5.92 Å². The second-order valence-electron chi connectivity index (χ2n) is 8.78. The van der Waals surface area contributed by atoms with Gasteiger partial charge in [-0.25, -0.2) is 8.42 Å². The van der Waals surface area contributed by atoms with Crippen LogP contribution < -0.4 is 5.32 Å². The van der Waals surface area contributed by atoms with Gasteiger partial charge >= 0.3 is 0 Å². The molecule has 1 atom stereocenters. The summed E-state index contributed by atoms with van der Waals surface area (Å²) in [7, 11) is -3.77. The number of piperazine rings is 1. The van der Waals surface area contributed by atoms with Crippen molar-refractivity contribution in [3.8, 4) is 0 Å². The maximum atomic E-state index is 13.3. The summed E-state index contributed by atoms with van der Waals surface area (Å²) in [5.74, 6) is -0.828. The lowest BCUT2D eigenvalue weighted by Gasteiger charge is -2.40. The smallest absolute Gasteiger partial charge is 0.244 e. The first-order valence-electron chi connectivity index (χ1n) is 11.4. The van der Waals surface area contributed by atoms with Gasteiger partial charge < -0.3 is 10.2 Å². The summed E-state index contributed by atoms with van der Waals surface area (Å²) in [5, 5.41) is 5.10. The number of fused-ring (bicyclic) bond motifs is 1. The molecule has 4 rings (SSSR count). The minimum absolute atomic E-state index is 0.0841. The first-order chi connectivity index (χ1) is 16.3. The fraction of sp³-hybridized carbons (Fsp3) is 0.308. The number of hydrogen-bond donors (Lipinski definition) is 1. The maximum Gasteiger partial charge on any atom is 0.244 e. The van der Waals surface area contributed by atoms with Crippen molar-refractivity contribution in [2.75, 3.05) is 19.6 Å². The molecule has 0 radical (unpaired) electrons. The Morgan fingerprint density at radius 3 is 2.32 bits per heavy atom. The van der Waals surface area contributed by atoms with E-state index in [-0.39, 0.29) is 48.8 Å². The van der Waals surface area contributed by atoms with Crippen molar-refractivity contribution in [2.45, 2.75) is 31.3 Å². The van der Waals surface area contributed by atoms with E-state index in [4.69, 9.17) is 0 Å². The van der Waals surface area contributed by atoms with Crippen LogP contribution in [0.3, 0.4) is 0 Å². The summed E-state index contributed by atoms with van der Waals surface area (Å²) in [5.41, 5.74) is 0.929. The molecule has 0 aliphatic carbocycles. The Morgan fingerprint density at radius 2 is 1.62 bits per heavy atom. The Kier molecular flexibility index (Phi) is 7.00. The van der Waals surface area contributed by atoms with Crippen LogP contribution in [-0.2, 0) is 26.2 Å². The number of rotatable bonds is 6. The van der Waals surface area contributed by atoms with Gasteiger partial charge in [0.25, 0.3) is 0 Å². The average molecular weight is 480 g/mol. The molecule has 7 nitrogen and oxygen atoms in total. The fourth-order valence-corrected chi connectivity index (χ4v) is 5.65. The fourth-order valence-electron chi connectivity index (χ4n) is 4.19. The zero-order valence-corrected chi connectivity index (χ0v) is 20.2. The molecule has 1 saturated heterocycles. The van der Waals surface area contributed by atoms with E-state index in [1.165, 1.54) is 21.3 Å². The summed E-state index contributed by atoms with van der Waals surface area (Å²) in [6, 6.07) is 21.2. The van der Waals surface area contributed by atoms with Crippen LogP contribution in [0.1, 0.15) is 19.4 Å². The molecular weight excluding hydrogens is 450 g/mol. The summed E-state index contributed by atoms with van der Waals surface area (Å²) in [6.07, 6.45) is 0. The molecule has 1 fully saturated rings. The Morgan fingerprint density at radius 1 is 0.941 bits per heavy atom. The molecular formula is C26H29N3O4S. The number of nitrogens with one attached hydrogen (secondary N) is 1. The van der Waals surface area contributed by atoms with Gasteiger partial charge in [0.1, 0.15) is 6.04 Å². The zero-order chi connectivity index (χ0) is 24.3. The molecule has 0 bridgehead atoms. The highest BCUT2D eigenvalue weighted by molar-refractivity contribution is 7.89. The third kappa shape index (κ3) is 4.98. The number of amides is 2. The van der Waals surface area contributed by atoms with Gasteiger partial charge in [-0.2, -0.15) is 4.31 Å². The van der Waals surface area contributed by atoms with Crippen LogP contribution >= 0.6 is 0 Å². The second kappa shape index (κ2) is 9.95. The molecule has 8 heteroatoms. The number of benzene rings is 3. The molecule has 34 heavy (non-hydrogen) atoms. The topological polar surface area (TPSA) is 86.8 Å². The van der Waals surface area contributed by atoms with E-state index < -0.39 is 16.1 Å². The molecule has 1 aliphatic rings. The van der Waals surface area contributed by atoms with Gasteiger partial charge in [0.05, 0.1) is 4.90 Å². The van der Waals surface area contributed by atoms with Gasteiger partial charge in [-0.3, -0.25) is 9.59 Å². The third-order valence-corrected chi connectivity index (χ3v) is 7.96. The summed E-state index contributed by atoms with van der Waals surface area (Å²) in [6.45, 7) is 4.06. The van der Waals surface area contributed by atoms with Crippen LogP contribution in [0.4, 0.5) is 0 Å². The third-order valence-electron chi connectivity index (χ3n) is 6.08. The molecule has 0 aromatic heterocycles. The quantitative estimate of drug-likeness (QED) is 0.589. The van der Waals surface area contributed by atoms with E-state index in [2.05, 4.69) is 5.32 Å². The number of nitrogens with zero attached hydrogens (tertiary/aromatic N) is 2. The van der Waals surface area contributed by atoms with Crippen molar-refractivity contribution in [3.63, 3.8) is 0 Å². The van der Waals surface area contributed by atoms with Gasteiger partial charge in [-0.1, -0.05) is 68.4 Å². The first kappa shape index (κ1) is 23.9. The Bertz CT molecular complexity index is 1290. The maximum absolute atomic E-state index is 13.3. The standard InChI is InChI=1S/C26H29N3O4S/c1-19(2)26(31)29-15-14-28(34(32,33)23-10-4-3-5-11-23)18-24(29)25(30)27-17-20-12-13-21-8-6-7-9-22(21)16-20/h3-13,16,19,24H,14-15,17-18H2,1-2H3,(H,27,30). The van der Waals surface area contributed by atoms with Gasteiger partial charge in [0.15, 0.2) is 0 Å². The lowest BCUT2D eigenvalue weighted by molar-refractivity contribution is -0.145. The molecule has 1 N–H and O–H groups in total. The van der Waals surface area contributed by atoms with Crippen molar-refractivity contribution >= 4 is 32.6 Å². The molecule has 0 spiro atoms. The van der Waals surface area contributed by atoms with Crippen molar-refractivity contribution in [3.05, 3.63) is 78.4 Å². The molecule has 178 valence electrons. The molecule has 3 aromatic carbocycles. The number of carbonyl (C=O) groups excluding carboxylic acids is 2. The molecule has 0 saturated carbocycles. The molecule has 3 aromatic rings. The van der Waals surface area contributed by atoms with Gasteiger partial charge in [0.2, 0.25) is 21.8 Å².